The molecule has 0 aliphatic heterocycles. The molecule has 1 aromatic heterocycles. The molecule has 0 saturated heterocycles. The number of carbonyl (C=O) groups is 1. The van der Waals surface area contributed by atoms with Gasteiger partial charge in [-0.2, -0.15) is 0 Å². The average molecular weight is 336 g/mol. The first-order chi connectivity index (χ1) is 11.5. The van der Waals surface area contributed by atoms with E-state index in [0.717, 1.165) is 17.1 Å². The smallest absolute Gasteiger partial charge is 0.254 e. The Bertz CT molecular complexity index is 920. The number of rotatable bonds is 4. The van der Waals surface area contributed by atoms with E-state index in [0.29, 0.717) is 17.9 Å². The fourth-order valence-electron chi connectivity index (χ4n) is 2.46. The molecule has 0 saturated carbocycles. The van der Waals surface area contributed by atoms with E-state index in [4.69, 9.17) is 0 Å². The molecule has 2 N–H and O–H groups in total. The molecule has 0 aliphatic rings. The summed E-state index contributed by atoms with van der Waals surface area (Å²) in [6.45, 7) is 0.126. The highest BCUT2D eigenvalue weighted by atomic mass is 19.2. The van der Waals surface area contributed by atoms with E-state index >= 15 is 0 Å². The normalized spacial score (nSPS) is 11.0. The number of amides is 1. The molecule has 0 fully saturated rings. The summed E-state index contributed by atoms with van der Waals surface area (Å²) in [5.41, 5.74) is 0.957. The van der Waals surface area contributed by atoms with Gasteiger partial charge in [0.2, 0.25) is 0 Å². The predicted octanol–water partition coefficient (Wildman–Crippen LogP) is 3.70. The number of fused-ring (bicyclic) bond motifs is 1. The highest BCUT2D eigenvalue weighted by Crippen LogP contribution is 2.20. The lowest BCUT2D eigenvalue weighted by Gasteiger charge is -2.07. The summed E-state index contributed by atoms with van der Waals surface area (Å²) in [5, 5.41) is 3.11. The van der Waals surface area contributed by atoms with Gasteiger partial charge in [0.15, 0.2) is 17.5 Å². The zero-order valence-electron chi connectivity index (χ0n) is 12.3. The van der Waals surface area contributed by atoms with Crippen molar-refractivity contribution in [3.8, 4) is 0 Å². The van der Waals surface area contributed by atoms with E-state index in [2.05, 4.69) is 10.3 Å². The van der Waals surface area contributed by atoms with Crippen molar-refractivity contribution >= 4 is 16.8 Å². The topological polar surface area (TPSA) is 44.9 Å². The second-order valence-electron chi connectivity index (χ2n) is 5.23. The van der Waals surface area contributed by atoms with Crippen LogP contribution in [0.15, 0.2) is 36.5 Å². The highest BCUT2D eigenvalue weighted by molar-refractivity contribution is 5.94. The number of carbonyl (C=O) groups excluding carboxylic acids is 1. The molecule has 0 aliphatic carbocycles. The fraction of sp³-hybridized carbons (Fsp3) is 0.118. The van der Waals surface area contributed by atoms with Crippen LogP contribution in [0.2, 0.25) is 0 Å². The first kappa shape index (κ1) is 16.0. The molecule has 0 radical (unpaired) electrons. The van der Waals surface area contributed by atoms with Crippen LogP contribution in [-0.2, 0) is 6.42 Å². The third-order valence-corrected chi connectivity index (χ3v) is 3.69. The number of halogens is 4. The second-order valence-corrected chi connectivity index (χ2v) is 5.23. The lowest BCUT2D eigenvalue weighted by Crippen LogP contribution is -2.27. The second kappa shape index (κ2) is 6.35. The monoisotopic (exact) mass is 336 g/mol. The van der Waals surface area contributed by atoms with Crippen LogP contribution in [-0.4, -0.2) is 17.4 Å². The molecular formula is C17H12F4N2O. The molecule has 3 rings (SSSR count). The van der Waals surface area contributed by atoms with Crippen molar-refractivity contribution in [3.63, 3.8) is 0 Å². The number of nitrogens with one attached hydrogen (secondary N) is 2. The summed E-state index contributed by atoms with van der Waals surface area (Å²) in [7, 11) is 0. The predicted molar refractivity (Wildman–Crippen MR) is 80.6 cm³/mol. The van der Waals surface area contributed by atoms with Gasteiger partial charge in [0.05, 0.1) is 5.56 Å². The van der Waals surface area contributed by atoms with E-state index in [9.17, 15) is 22.4 Å². The largest absolute Gasteiger partial charge is 0.361 e. The van der Waals surface area contributed by atoms with Crippen LogP contribution in [0.1, 0.15) is 15.9 Å². The van der Waals surface area contributed by atoms with Gasteiger partial charge in [-0.15, -0.1) is 0 Å². The SMILES string of the molecule is O=C(NCCc1c[nH]c2ccc(F)cc12)c1ccc(F)c(F)c1F. The molecule has 0 unspecified atom stereocenters. The molecule has 3 aromatic rings. The maximum Gasteiger partial charge on any atom is 0.254 e. The number of aromatic nitrogens is 1. The third-order valence-electron chi connectivity index (χ3n) is 3.69. The maximum absolute atomic E-state index is 13.5. The molecule has 1 heterocycles. The van der Waals surface area contributed by atoms with Crippen LogP contribution in [0, 0.1) is 23.3 Å². The summed E-state index contributed by atoms with van der Waals surface area (Å²) in [4.78, 5) is 14.8. The van der Waals surface area contributed by atoms with Gasteiger partial charge < -0.3 is 10.3 Å². The fourth-order valence-corrected chi connectivity index (χ4v) is 2.46. The quantitative estimate of drug-likeness (QED) is 0.554. The zero-order chi connectivity index (χ0) is 17.3. The first-order valence-corrected chi connectivity index (χ1v) is 7.14. The van der Waals surface area contributed by atoms with Crippen molar-refractivity contribution in [2.75, 3.05) is 6.54 Å². The Labute approximate surface area is 134 Å². The molecule has 0 spiro atoms. The van der Waals surface area contributed by atoms with Gasteiger partial charge in [0.1, 0.15) is 5.82 Å². The van der Waals surface area contributed by atoms with Gasteiger partial charge in [-0.25, -0.2) is 17.6 Å². The van der Waals surface area contributed by atoms with E-state index in [1.54, 1.807) is 12.3 Å². The van der Waals surface area contributed by atoms with E-state index in [1.807, 2.05) is 0 Å². The molecule has 7 heteroatoms. The van der Waals surface area contributed by atoms with Crippen molar-refractivity contribution < 1.29 is 22.4 Å². The van der Waals surface area contributed by atoms with Gasteiger partial charge in [-0.05, 0) is 42.3 Å². The molecule has 1 amide bonds. The summed E-state index contributed by atoms with van der Waals surface area (Å²) >= 11 is 0. The number of benzene rings is 2. The minimum atomic E-state index is -1.69. The highest BCUT2D eigenvalue weighted by Gasteiger charge is 2.18. The molecule has 124 valence electrons. The van der Waals surface area contributed by atoms with Gasteiger partial charge in [0.25, 0.3) is 5.91 Å². The Morgan fingerprint density at radius 2 is 1.83 bits per heavy atom. The minimum absolute atomic E-state index is 0.126. The Morgan fingerprint density at radius 1 is 1.04 bits per heavy atom. The summed E-state index contributed by atoms with van der Waals surface area (Å²) in [6, 6.07) is 5.87. The van der Waals surface area contributed by atoms with E-state index in [-0.39, 0.29) is 12.4 Å². The van der Waals surface area contributed by atoms with Crippen molar-refractivity contribution in [3.05, 3.63) is 70.9 Å². The standard InChI is InChI=1S/C17H12F4N2O/c18-10-1-4-14-12(7-10)9(8-23-14)5-6-22-17(24)11-2-3-13(19)16(21)15(11)20/h1-4,7-8,23H,5-6H2,(H,22,24). The van der Waals surface area contributed by atoms with Crippen molar-refractivity contribution in [2.24, 2.45) is 0 Å². The first-order valence-electron chi connectivity index (χ1n) is 7.14. The number of H-pyrrole nitrogens is 1. The van der Waals surface area contributed by atoms with Crippen LogP contribution < -0.4 is 5.32 Å². The molecule has 2 aromatic carbocycles. The lowest BCUT2D eigenvalue weighted by atomic mass is 10.1. The van der Waals surface area contributed by atoms with Crippen LogP contribution in [0.3, 0.4) is 0 Å². The van der Waals surface area contributed by atoms with Gasteiger partial charge in [-0.3, -0.25) is 4.79 Å². The molecule has 3 nitrogen and oxygen atoms in total. The third kappa shape index (κ3) is 2.97. The zero-order valence-corrected chi connectivity index (χ0v) is 12.3. The van der Waals surface area contributed by atoms with Crippen LogP contribution in [0.5, 0.6) is 0 Å². The van der Waals surface area contributed by atoms with Crippen LogP contribution >= 0.6 is 0 Å². The Balaban J connectivity index is 1.69. The van der Waals surface area contributed by atoms with Gasteiger partial charge >= 0.3 is 0 Å². The maximum atomic E-state index is 13.5. The average Bonchev–Trinajstić information content (AvgIpc) is 2.95. The van der Waals surface area contributed by atoms with Crippen molar-refractivity contribution in [2.45, 2.75) is 6.42 Å². The van der Waals surface area contributed by atoms with E-state index in [1.165, 1.54) is 12.1 Å². The molecule has 24 heavy (non-hydrogen) atoms. The Kier molecular flexibility index (Phi) is 4.24. The number of hydrogen-bond acceptors (Lipinski definition) is 1. The summed E-state index contributed by atoms with van der Waals surface area (Å²) < 4.78 is 52.8. The Morgan fingerprint density at radius 3 is 2.62 bits per heavy atom. The van der Waals surface area contributed by atoms with Crippen LogP contribution in [0.4, 0.5) is 17.6 Å². The molecule has 0 bridgehead atoms. The lowest BCUT2D eigenvalue weighted by molar-refractivity contribution is 0.0949. The van der Waals surface area contributed by atoms with Gasteiger partial charge in [0, 0.05) is 23.6 Å². The molecule has 0 atom stereocenters. The Hall–Kier alpha value is -2.83. The number of aromatic amines is 1. The van der Waals surface area contributed by atoms with Crippen molar-refractivity contribution in [1.29, 1.82) is 0 Å². The van der Waals surface area contributed by atoms with Gasteiger partial charge in [-0.1, -0.05) is 0 Å². The number of hydrogen-bond donors (Lipinski definition) is 2. The summed E-state index contributed by atoms with van der Waals surface area (Å²) in [6.07, 6.45) is 2.05. The van der Waals surface area contributed by atoms with Crippen LogP contribution in [0.25, 0.3) is 10.9 Å². The van der Waals surface area contributed by atoms with E-state index < -0.39 is 28.9 Å². The molecular weight excluding hydrogens is 324 g/mol. The summed E-state index contributed by atoms with van der Waals surface area (Å²) in [5.74, 6) is -5.80. The van der Waals surface area contributed by atoms with Crippen molar-refractivity contribution in [1.82, 2.24) is 10.3 Å². The minimum Gasteiger partial charge on any atom is -0.361 e.